The Hall–Kier alpha value is -2.02. The van der Waals surface area contributed by atoms with Gasteiger partial charge in [0.15, 0.2) is 0 Å². The number of amides is 2. The molecule has 7 heteroatoms. The van der Waals surface area contributed by atoms with Crippen molar-refractivity contribution in [1.29, 1.82) is 0 Å². The summed E-state index contributed by atoms with van der Waals surface area (Å²) in [5, 5.41) is 6.09. The first-order chi connectivity index (χ1) is 13.0. The van der Waals surface area contributed by atoms with E-state index in [1.165, 1.54) is 0 Å². The molecule has 1 saturated carbocycles. The molecule has 3 atom stereocenters. The molecule has 7 nitrogen and oxygen atoms in total. The van der Waals surface area contributed by atoms with Gasteiger partial charge in [0.25, 0.3) is 0 Å². The molecule has 0 unspecified atom stereocenters. The van der Waals surface area contributed by atoms with Gasteiger partial charge in [0.1, 0.15) is 0 Å². The van der Waals surface area contributed by atoms with E-state index in [1.807, 2.05) is 13.8 Å². The Balaban J connectivity index is 1.88. The van der Waals surface area contributed by atoms with Crippen LogP contribution in [0.15, 0.2) is 18.6 Å². The van der Waals surface area contributed by atoms with E-state index in [0.717, 1.165) is 25.0 Å². The third-order valence-corrected chi connectivity index (χ3v) is 4.70. The molecule has 1 aliphatic rings. The summed E-state index contributed by atoms with van der Waals surface area (Å²) in [6.45, 7) is 6.62. The molecule has 0 aromatic carbocycles. The molecule has 0 saturated heterocycles. The molecule has 2 amide bonds. The second-order valence-corrected chi connectivity index (χ2v) is 7.45. The highest BCUT2D eigenvalue weighted by Gasteiger charge is 2.35. The average molecular weight is 377 g/mol. The highest BCUT2D eigenvalue weighted by molar-refractivity contribution is 5.79. The molecule has 2 rings (SSSR count). The zero-order valence-electron chi connectivity index (χ0n) is 16.6. The van der Waals surface area contributed by atoms with Gasteiger partial charge in [0.2, 0.25) is 11.8 Å². The largest absolute Gasteiger partial charge is 0.376 e. The van der Waals surface area contributed by atoms with Crippen molar-refractivity contribution in [3.8, 4) is 0 Å². The minimum absolute atomic E-state index is 0.0131. The highest BCUT2D eigenvalue weighted by Crippen LogP contribution is 2.27. The van der Waals surface area contributed by atoms with Gasteiger partial charge in [-0.25, -0.2) is 0 Å². The van der Waals surface area contributed by atoms with Gasteiger partial charge in [-0.1, -0.05) is 6.92 Å². The first-order valence-electron chi connectivity index (χ1n) is 9.95. The van der Waals surface area contributed by atoms with Gasteiger partial charge in [-0.05, 0) is 46.0 Å². The van der Waals surface area contributed by atoms with Gasteiger partial charge in [-0.2, -0.15) is 0 Å². The summed E-state index contributed by atoms with van der Waals surface area (Å²) in [7, 11) is 0. The lowest BCUT2D eigenvalue weighted by atomic mass is 9.83. The Morgan fingerprint density at radius 3 is 2.78 bits per heavy atom. The van der Waals surface area contributed by atoms with Gasteiger partial charge in [-0.15, -0.1) is 0 Å². The van der Waals surface area contributed by atoms with E-state index in [0.29, 0.717) is 25.9 Å². The van der Waals surface area contributed by atoms with Gasteiger partial charge >= 0.3 is 0 Å². The molecule has 1 aliphatic carbocycles. The summed E-state index contributed by atoms with van der Waals surface area (Å²) in [6, 6.07) is 0.0834. The third-order valence-electron chi connectivity index (χ3n) is 4.70. The van der Waals surface area contributed by atoms with E-state index in [9.17, 15) is 9.59 Å². The zero-order chi connectivity index (χ0) is 19.6. The normalized spacial score (nSPS) is 22.4. The molecule has 0 radical (unpaired) electrons. The zero-order valence-corrected chi connectivity index (χ0v) is 16.6. The van der Waals surface area contributed by atoms with Gasteiger partial charge in [-0.3, -0.25) is 19.6 Å². The number of carbonyl (C=O) groups is 2. The van der Waals surface area contributed by atoms with Gasteiger partial charge in [0, 0.05) is 43.6 Å². The molecule has 150 valence electrons. The summed E-state index contributed by atoms with van der Waals surface area (Å²) in [5.74, 6) is 0.0189. The first kappa shape index (κ1) is 21.3. The number of aromatic nitrogens is 2. The summed E-state index contributed by atoms with van der Waals surface area (Å²) in [5.41, 5.74) is 0.806. The minimum Gasteiger partial charge on any atom is -0.376 e. The van der Waals surface area contributed by atoms with Crippen LogP contribution >= 0.6 is 0 Å². The quantitative estimate of drug-likeness (QED) is 0.688. The predicted molar refractivity (Wildman–Crippen MR) is 103 cm³/mol. The van der Waals surface area contributed by atoms with Crippen molar-refractivity contribution in [2.45, 2.75) is 77.5 Å². The number of ether oxygens (including phenoxy) is 1. The molecular weight excluding hydrogens is 344 g/mol. The molecule has 0 bridgehead atoms. The van der Waals surface area contributed by atoms with Crippen LogP contribution < -0.4 is 10.6 Å². The van der Waals surface area contributed by atoms with Crippen molar-refractivity contribution in [2.75, 3.05) is 6.61 Å². The Kier molecular flexibility index (Phi) is 8.64. The molecule has 0 spiro atoms. The maximum atomic E-state index is 12.4. The van der Waals surface area contributed by atoms with Crippen molar-refractivity contribution in [2.24, 2.45) is 5.92 Å². The fraction of sp³-hybridized carbons (Fsp3) is 0.700. The van der Waals surface area contributed by atoms with E-state index in [1.54, 1.807) is 18.6 Å². The minimum atomic E-state index is -0.123. The van der Waals surface area contributed by atoms with Crippen molar-refractivity contribution < 1.29 is 14.3 Å². The number of aryl methyl sites for hydroxylation is 1. The van der Waals surface area contributed by atoms with Crippen LogP contribution in [0.25, 0.3) is 0 Å². The van der Waals surface area contributed by atoms with Crippen LogP contribution in [0.4, 0.5) is 0 Å². The Bertz CT molecular complexity index is 594. The predicted octanol–water partition coefficient (Wildman–Crippen LogP) is 2.01. The number of nitrogens with zero attached hydrogens (tertiary/aromatic N) is 2. The maximum Gasteiger partial charge on any atom is 0.223 e. The van der Waals surface area contributed by atoms with E-state index in [2.05, 4.69) is 27.5 Å². The smallest absolute Gasteiger partial charge is 0.223 e. The third kappa shape index (κ3) is 7.25. The molecule has 1 heterocycles. The van der Waals surface area contributed by atoms with Crippen LogP contribution in [0.2, 0.25) is 0 Å². The second-order valence-electron chi connectivity index (χ2n) is 7.45. The summed E-state index contributed by atoms with van der Waals surface area (Å²) < 4.78 is 5.98. The van der Waals surface area contributed by atoms with E-state index in [-0.39, 0.29) is 35.9 Å². The summed E-state index contributed by atoms with van der Waals surface area (Å²) in [6.07, 6.45) is 8.81. The van der Waals surface area contributed by atoms with E-state index in [4.69, 9.17) is 4.74 Å². The van der Waals surface area contributed by atoms with Gasteiger partial charge in [0.05, 0.1) is 17.8 Å². The second kappa shape index (κ2) is 11.0. The van der Waals surface area contributed by atoms with Crippen molar-refractivity contribution in [1.82, 2.24) is 20.6 Å². The van der Waals surface area contributed by atoms with E-state index < -0.39 is 0 Å². The molecule has 2 N–H and O–H groups in total. The lowest BCUT2D eigenvalue weighted by Crippen LogP contribution is -2.50. The Labute approximate surface area is 161 Å². The fourth-order valence-electron chi connectivity index (χ4n) is 3.37. The monoisotopic (exact) mass is 376 g/mol. The SMILES string of the molecule is CCCO[C@@H]1C[C@@H](C(=O)NC(C)C)CC[C@H]1NC(=O)CCc1cnccn1. The molecule has 27 heavy (non-hydrogen) atoms. The van der Waals surface area contributed by atoms with Crippen LogP contribution in [-0.4, -0.2) is 46.6 Å². The molecular formula is C20H32N4O3. The van der Waals surface area contributed by atoms with Gasteiger partial charge < -0.3 is 15.4 Å². The van der Waals surface area contributed by atoms with Crippen LogP contribution in [0.1, 0.15) is 58.6 Å². The summed E-state index contributed by atoms with van der Waals surface area (Å²) >= 11 is 0. The van der Waals surface area contributed by atoms with E-state index >= 15 is 0 Å². The lowest BCUT2D eigenvalue weighted by Gasteiger charge is -2.36. The number of hydrogen-bond donors (Lipinski definition) is 2. The maximum absolute atomic E-state index is 12.4. The number of nitrogens with one attached hydrogen (secondary N) is 2. The van der Waals surface area contributed by atoms with Crippen molar-refractivity contribution in [3.63, 3.8) is 0 Å². The molecule has 1 fully saturated rings. The van der Waals surface area contributed by atoms with Crippen LogP contribution in [0.5, 0.6) is 0 Å². The average Bonchev–Trinajstić information content (AvgIpc) is 2.65. The number of rotatable bonds is 9. The fourth-order valence-corrected chi connectivity index (χ4v) is 3.37. The standard InChI is InChI=1S/C20H32N4O3/c1-4-11-27-18-12-15(20(26)23-14(2)3)5-7-17(18)24-19(25)8-6-16-13-21-9-10-22-16/h9-10,13-15,17-18H,4-8,11-12H2,1-3H3,(H,23,26)(H,24,25)/t15-,17+,18+/m0/s1. The first-order valence-corrected chi connectivity index (χ1v) is 9.95. The molecule has 1 aromatic rings. The van der Waals surface area contributed by atoms with Crippen LogP contribution in [-0.2, 0) is 20.7 Å². The van der Waals surface area contributed by atoms with Crippen molar-refractivity contribution in [3.05, 3.63) is 24.3 Å². The Morgan fingerprint density at radius 2 is 2.11 bits per heavy atom. The molecule has 1 aromatic heterocycles. The Morgan fingerprint density at radius 1 is 1.30 bits per heavy atom. The molecule has 0 aliphatic heterocycles. The number of carbonyl (C=O) groups excluding carboxylic acids is 2. The van der Waals surface area contributed by atoms with Crippen LogP contribution in [0.3, 0.4) is 0 Å². The van der Waals surface area contributed by atoms with Crippen molar-refractivity contribution >= 4 is 11.8 Å². The lowest BCUT2D eigenvalue weighted by molar-refractivity contribution is -0.130. The van der Waals surface area contributed by atoms with Crippen LogP contribution in [0, 0.1) is 5.92 Å². The topological polar surface area (TPSA) is 93.2 Å². The summed E-state index contributed by atoms with van der Waals surface area (Å²) in [4.78, 5) is 32.9. The highest BCUT2D eigenvalue weighted by atomic mass is 16.5. The number of hydrogen-bond acceptors (Lipinski definition) is 5.